The van der Waals surface area contributed by atoms with Gasteiger partial charge in [0.2, 0.25) is 5.88 Å². The van der Waals surface area contributed by atoms with Crippen LogP contribution in [0.4, 0.5) is 0 Å². The Balaban J connectivity index is 0.878. The molecule has 0 aliphatic heterocycles. The molecule has 0 unspecified atom stereocenters. The molecule has 0 fully saturated rings. The van der Waals surface area contributed by atoms with E-state index >= 15 is 0 Å². The number of hydrogen-bond donors (Lipinski definition) is 0. The zero-order valence-electron chi connectivity index (χ0n) is 34.2. The third kappa shape index (κ3) is 6.53. The molecule has 11 aromatic rings. The van der Waals surface area contributed by atoms with Crippen LogP contribution in [0.5, 0.6) is 28.9 Å². The SMILES string of the molecule is COc1nc(-c2cccc(Oc3ccc4c5ccccc5n(-c5cc(C)ccn5)c4c3)c2)cnc1-c1cccc(Oc2ccc3c4ccccc4n(-c4cc(C)ccn4)c3c2)c1. The van der Waals surface area contributed by atoms with E-state index in [0.29, 0.717) is 40.3 Å². The van der Waals surface area contributed by atoms with Crippen molar-refractivity contribution in [1.29, 1.82) is 0 Å². The second-order valence-electron chi connectivity index (χ2n) is 15.3. The van der Waals surface area contributed by atoms with Gasteiger partial charge in [-0.05, 0) is 110 Å². The van der Waals surface area contributed by atoms with Crippen LogP contribution in [0, 0.1) is 13.8 Å². The van der Waals surface area contributed by atoms with E-state index in [1.54, 1.807) is 13.3 Å². The number of aryl methyl sites for hydroxylation is 2. The first kappa shape index (κ1) is 36.8. The van der Waals surface area contributed by atoms with Gasteiger partial charge in [0.05, 0.1) is 41.1 Å². The lowest BCUT2D eigenvalue weighted by molar-refractivity contribution is 0.398. The molecule has 0 atom stereocenters. The lowest BCUT2D eigenvalue weighted by atomic mass is 10.1. The predicted octanol–water partition coefficient (Wildman–Crippen LogP) is 13.0. The molecule has 5 aromatic heterocycles. The summed E-state index contributed by atoms with van der Waals surface area (Å²) in [7, 11) is 1.61. The van der Waals surface area contributed by atoms with E-state index in [1.165, 1.54) is 0 Å². The first-order valence-corrected chi connectivity index (χ1v) is 20.4. The largest absolute Gasteiger partial charge is 0.479 e. The molecule has 9 nitrogen and oxygen atoms in total. The van der Waals surface area contributed by atoms with Gasteiger partial charge in [-0.2, -0.15) is 0 Å². The quantitative estimate of drug-likeness (QED) is 0.143. The molecule has 0 saturated heterocycles. The number of fused-ring (bicyclic) bond motifs is 6. The third-order valence-corrected chi connectivity index (χ3v) is 11.2. The second-order valence-corrected chi connectivity index (χ2v) is 15.3. The minimum Gasteiger partial charge on any atom is -0.479 e. The average Bonchev–Trinajstić information content (AvgIpc) is 3.81. The summed E-state index contributed by atoms with van der Waals surface area (Å²) >= 11 is 0. The lowest BCUT2D eigenvalue weighted by Crippen LogP contribution is -1.98. The maximum absolute atomic E-state index is 6.52. The van der Waals surface area contributed by atoms with Gasteiger partial charge in [-0.15, -0.1) is 0 Å². The second kappa shape index (κ2) is 15.1. The topological polar surface area (TPSA) is 89.1 Å². The zero-order valence-corrected chi connectivity index (χ0v) is 34.2. The molecule has 6 aromatic carbocycles. The fourth-order valence-corrected chi connectivity index (χ4v) is 8.36. The maximum atomic E-state index is 6.52. The van der Waals surface area contributed by atoms with Crippen molar-refractivity contribution in [2.24, 2.45) is 0 Å². The molecule has 0 aliphatic rings. The molecule has 0 aliphatic carbocycles. The van der Waals surface area contributed by atoms with Crippen LogP contribution in [0.2, 0.25) is 0 Å². The smallest absolute Gasteiger partial charge is 0.240 e. The van der Waals surface area contributed by atoms with Gasteiger partial charge >= 0.3 is 0 Å². The van der Waals surface area contributed by atoms with E-state index in [9.17, 15) is 0 Å². The first-order valence-electron chi connectivity index (χ1n) is 20.4. The molecule has 298 valence electrons. The molecule has 9 heteroatoms. The highest BCUT2D eigenvalue weighted by Crippen LogP contribution is 2.38. The summed E-state index contributed by atoms with van der Waals surface area (Å²) in [5, 5.41) is 4.56. The van der Waals surface area contributed by atoms with Crippen LogP contribution in [-0.4, -0.2) is 36.2 Å². The van der Waals surface area contributed by atoms with Gasteiger partial charge in [0.15, 0.2) is 0 Å². The number of rotatable bonds is 9. The molecule has 11 rings (SSSR count). The van der Waals surface area contributed by atoms with Crippen molar-refractivity contribution in [3.05, 3.63) is 187 Å². The van der Waals surface area contributed by atoms with Gasteiger partial charge in [0.25, 0.3) is 0 Å². The number of para-hydroxylation sites is 2. The number of nitrogens with zero attached hydrogens (tertiary/aromatic N) is 6. The van der Waals surface area contributed by atoms with Crippen LogP contribution in [0.15, 0.2) is 176 Å². The maximum Gasteiger partial charge on any atom is 0.240 e. The fraction of sp³-hybridized carbons (Fsp3) is 0.0566. The van der Waals surface area contributed by atoms with Crippen molar-refractivity contribution in [3.63, 3.8) is 0 Å². The summed E-state index contributed by atoms with van der Waals surface area (Å²) in [5.41, 5.74) is 9.37. The predicted molar refractivity (Wildman–Crippen MR) is 246 cm³/mol. The van der Waals surface area contributed by atoms with E-state index in [1.807, 2.05) is 85.2 Å². The van der Waals surface area contributed by atoms with Crippen LogP contribution in [-0.2, 0) is 0 Å². The summed E-state index contributed by atoms with van der Waals surface area (Å²) in [6, 6.07) is 53.0. The Morgan fingerprint density at radius 1 is 0.435 bits per heavy atom. The van der Waals surface area contributed by atoms with E-state index in [2.05, 4.69) is 108 Å². The molecule has 0 saturated carbocycles. The van der Waals surface area contributed by atoms with Gasteiger partial charge < -0.3 is 14.2 Å². The van der Waals surface area contributed by atoms with Crippen LogP contribution >= 0.6 is 0 Å². The van der Waals surface area contributed by atoms with Crippen molar-refractivity contribution in [3.8, 4) is 63.0 Å². The van der Waals surface area contributed by atoms with Gasteiger partial charge in [-0.3, -0.25) is 9.13 Å². The summed E-state index contributed by atoms with van der Waals surface area (Å²) in [4.78, 5) is 19.2. The van der Waals surface area contributed by atoms with E-state index < -0.39 is 0 Å². The molecule has 5 heterocycles. The summed E-state index contributed by atoms with van der Waals surface area (Å²) in [5.74, 6) is 4.85. The number of benzene rings is 6. The average molecular weight is 807 g/mol. The normalized spacial score (nSPS) is 11.5. The van der Waals surface area contributed by atoms with Crippen LogP contribution < -0.4 is 14.2 Å². The van der Waals surface area contributed by atoms with Crippen molar-refractivity contribution < 1.29 is 14.2 Å². The highest BCUT2D eigenvalue weighted by molar-refractivity contribution is 6.10. The van der Waals surface area contributed by atoms with Crippen molar-refractivity contribution in [1.82, 2.24) is 29.1 Å². The highest BCUT2D eigenvalue weighted by atomic mass is 16.5. The molecular weight excluding hydrogens is 769 g/mol. The summed E-state index contributed by atoms with van der Waals surface area (Å²) < 4.78 is 23.3. The zero-order chi connectivity index (χ0) is 41.7. The van der Waals surface area contributed by atoms with Gasteiger partial charge in [-0.25, -0.2) is 19.9 Å². The first-order chi connectivity index (χ1) is 30.5. The van der Waals surface area contributed by atoms with Crippen molar-refractivity contribution in [2.75, 3.05) is 7.11 Å². The van der Waals surface area contributed by atoms with Gasteiger partial charge in [0, 0.05) is 57.2 Å². The van der Waals surface area contributed by atoms with Crippen molar-refractivity contribution >= 4 is 43.6 Å². The minimum atomic E-state index is 0.394. The Hall–Kier alpha value is -8.30. The van der Waals surface area contributed by atoms with Crippen LogP contribution in [0.3, 0.4) is 0 Å². The molecule has 0 N–H and O–H groups in total. The molecule has 0 amide bonds. The standard InChI is InChI=1S/C53H38N6O3/c1-33-22-24-54-50(26-33)58-46-16-6-4-14-41(46)43-20-18-39(30-48(43)58)61-37-12-8-10-35(28-37)45-32-56-52(53(57-45)60-3)36-11-9-13-38(29-36)62-40-19-21-44-42-15-5-7-17-47(42)59(49(44)31-40)51-27-34(2)23-25-55-51/h4-32H,1-3H3. The lowest BCUT2D eigenvalue weighted by Gasteiger charge is -2.12. The Labute approximate surface area is 357 Å². The summed E-state index contributed by atoms with van der Waals surface area (Å²) in [6.45, 7) is 4.16. The monoisotopic (exact) mass is 806 g/mol. The van der Waals surface area contributed by atoms with Gasteiger partial charge in [0.1, 0.15) is 40.3 Å². The molecule has 0 radical (unpaired) electrons. The van der Waals surface area contributed by atoms with Crippen LogP contribution in [0.25, 0.3) is 77.8 Å². The number of methoxy groups -OCH3 is 1. The Bertz CT molecular complexity index is 3520. The third-order valence-electron chi connectivity index (χ3n) is 11.2. The number of aromatic nitrogens is 6. The Morgan fingerprint density at radius 3 is 1.48 bits per heavy atom. The number of hydrogen-bond acceptors (Lipinski definition) is 7. The van der Waals surface area contributed by atoms with Gasteiger partial charge in [-0.1, -0.05) is 60.7 Å². The van der Waals surface area contributed by atoms with E-state index in [4.69, 9.17) is 34.1 Å². The van der Waals surface area contributed by atoms with Crippen molar-refractivity contribution in [2.45, 2.75) is 13.8 Å². The summed E-state index contributed by atoms with van der Waals surface area (Å²) in [6.07, 6.45) is 5.46. The number of pyridine rings is 2. The Kier molecular flexibility index (Phi) is 8.93. The fourth-order valence-electron chi connectivity index (χ4n) is 8.36. The Morgan fingerprint density at radius 2 is 0.935 bits per heavy atom. The van der Waals surface area contributed by atoms with E-state index in [0.717, 1.165) is 77.5 Å². The highest BCUT2D eigenvalue weighted by Gasteiger charge is 2.18. The number of ether oxygens (including phenoxy) is 3. The molecule has 62 heavy (non-hydrogen) atoms. The minimum absolute atomic E-state index is 0.394. The van der Waals surface area contributed by atoms with E-state index in [-0.39, 0.29) is 0 Å². The molecule has 0 spiro atoms. The molecule has 0 bridgehead atoms. The molecular formula is C53H38N6O3. The van der Waals surface area contributed by atoms with Crippen LogP contribution in [0.1, 0.15) is 11.1 Å².